The van der Waals surface area contributed by atoms with E-state index in [1.807, 2.05) is 0 Å². The van der Waals surface area contributed by atoms with Crippen molar-refractivity contribution < 1.29 is 45.4 Å². The number of halogens is 7. The third-order valence-electron chi connectivity index (χ3n) is 8.13. The number of hydrogen-bond acceptors (Lipinski definition) is 4. The Bertz CT molecular complexity index is 1310. The smallest absolute Gasteiger partial charge is 0.393 e. The lowest BCUT2D eigenvalue weighted by molar-refractivity contribution is -0.140. The van der Waals surface area contributed by atoms with E-state index in [2.05, 4.69) is 4.98 Å². The van der Waals surface area contributed by atoms with E-state index in [1.165, 1.54) is 11.0 Å². The SMILES string of the molecule is NC(=O)C1CC2CC2(CC2(c3cc(F)c(C(F)(F)F)cc3F)CC(O)C2)N1C(=O)c1ccnc(C(F)F)c1. The Morgan fingerprint density at radius 2 is 1.82 bits per heavy atom. The standard InChI is InChI=1S/C25H22F7N3O3/c26-16-6-15(25(30,31)32)17(27)5-14(16)23(8-13(36)9-23)10-24-7-12(24)4-19(21(33)37)35(24)22(38)11-1-2-34-18(3-11)20(28)29/h1-3,5-6,12-13,19-20,36H,4,7-10H2,(H2,33,37). The minimum atomic E-state index is -5.12. The number of amides is 2. The van der Waals surface area contributed by atoms with Crippen LogP contribution in [0.5, 0.6) is 0 Å². The summed E-state index contributed by atoms with van der Waals surface area (Å²) in [5, 5.41) is 10.1. The van der Waals surface area contributed by atoms with Crippen LogP contribution in [0.25, 0.3) is 0 Å². The molecule has 3 unspecified atom stereocenters. The number of fused-ring (bicyclic) bond motifs is 1. The molecule has 0 spiro atoms. The summed E-state index contributed by atoms with van der Waals surface area (Å²) in [6.45, 7) is 0. The van der Waals surface area contributed by atoms with Gasteiger partial charge in [0.1, 0.15) is 23.4 Å². The van der Waals surface area contributed by atoms with Crippen molar-refractivity contribution in [2.45, 2.75) is 67.8 Å². The first-order valence-electron chi connectivity index (χ1n) is 11.8. The highest BCUT2D eigenvalue weighted by atomic mass is 19.4. The van der Waals surface area contributed by atoms with Gasteiger partial charge in [0.05, 0.1) is 11.7 Å². The van der Waals surface area contributed by atoms with Crippen LogP contribution in [0.15, 0.2) is 30.5 Å². The number of aliphatic hydroxyl groups excluding tert-OH is 1. The van der Waals surface area contributed by atoms with Crippen molar-refractivity contribution in [3.05, 3.63) is 64.5 Å². The first-order chi connectivity index (χ1) is 17.7. The zero-order valence-corrected chi connectivity index (χ0v) is 19.6. The summed E-state index contributed by atoms with van der Waals surface area (Å²) in [5.74, 6) is -4.91. The first-order valence-corrected chi connectivity index (χ1v) is 11.8. The van der Waals surface area contributed by atoms with E-state index in [0.717, 1.165) is 12.3 Å². The average Bonchev–Trinajstić information content (AvgIpc) is 3.40. The van der Waals surface area contributed by atoms with Crippen LogP contribution in [0, 0.1) is 17.6 Å². The summed E-state index contributed by atoms with van der Waals surface area (Å²) in [5.41, 5.74) is 0.126. The van der Waals surface area contributed by atoms with Crippen LogP contribution in [-0.2, 0) is 16.4 Å². The average molecular weight is 545 g/mol. The van der Waals surface area contributed by atoms with Crippen LogP contribution in [0.1, 0.15) is 65.7 Å². The number of aromatic nitrogens is 1. The van der Waals surface area contributed by atoms with E-state index in [9.17, 15) is 41.0 Å². The van der Waals surface area contributed by atoms with Gasteiger partial charge in [0, 0.05) is 22.7 Å². The monoisotopic (exact) mass is 545 g/mol. The fourth-order valence-corrected chi connectivity index (χ4v) is 6.44. The summed E-state index contributed by atoms with van der Waals surface area (Å²) in [4.78, 5) is 30.6. The second kappa shape index (κ2) is 8.65. The number of carbonyl (C=O) groups excluding carboxylic acids is 2. The van der Waals surface area contributed by atoms with E-state index in [0.29, 0.717) is 12.5 Å². The van der Waals surface area contributed by atoms with Crippen molar-refractivity contribution >= 4 is 11.8 Å². The molecule has 5 rings (SSSR count). The third kappa shape index (κ3) is 4.11. The molecule has 2 aliphatic carbocycles. The Labute approximate surface area is 211 Å². The number of aliphatic hydroxyl groups is 1. The number of rotatable bonds is 6. The van der Waals surface area contributed by atoms with Crippen molar-refractivity contribution in [2.75, 3.05) is 0 Å². The number of nitrogens with zero attached hydrogens (tertiary/aromatic N) is 2. The molecule has 1 aromatic heterocycles. The molecule has 3 fully saturated rings. The summed E-state index contributed by atoms with van der Waals surface area (Å²) in [6.07, 6.45) is -7.85. The van der Waals surface area contributed by atoms with Gasteiger partial charge in [0.15, 0.2) is 0 Å². The van der Waals surface area contributed by atoms with E-state index >= 15 is 4.39 Å². The predicted octanol–water partition coefficient (Wildman–Crippen LogP) is 4.26. The minimum absolute atomic E-state index is 0.0752. The lowest BCUT2D eigenvalue weighted by Gasteiger charge is -2.49. The van der Waals surface area contributed by atoms with Gasteiger partial charge >= 0.3 is 6.18 Å². The zero-order chi connectivity index (χ0) is 27.8. The van der Waals surface area contributed by atoms with Gasteiger partial charge in [0.25, 0.3) is 12.3 Å². The Morgan fingerprint density at radius 1 is 1.13 bits per heavy atom. The molecule has 1 saturated heterocycles. The molecule has 2 saturated carbocycles. The molecule has 13 heteroatoms. The number of carbonyl (C=O) groups is 2. The van der Waals surface area contributed by atoms with E-state index in [-0.39, 0.29) is 48.8 Å². The maximum atomic E-state index is 15.1. The summed E-state index contributed by atoms with van der Waals surface area (Å²) in [6, 6.07) is 1.53. The van der Waals surface area contributed by atoms with Crippen molar-refractivity contribution in [3.8, 4) is 0 Å². The normalized spacial score (nSPS) is 30.2. The van der Waals surface area contributed by atoms with Crippen molar-refractivity contribution in [2.24, 2.45) is 11.7 Å². The lowest BCUT2D eigenvalue weighted by Crippen LogP contribution is -2.55. The molecule has 3 aliphatic rings. The molecule has 0 bridgehead atoms. The van der Waals surface area contributed by atoms with Gasteiger partial charge in [0.2, 0.25) is 5.91 Å². The van der Waals surface area contributed by atoms with Gasteiger partial charge in [-0.05, 0) is 67.9 Å². The van der Waals surface area contributed by atoms with Crippen molar-refractivity contribution in [3.63, 3.8) is 0 Å². The maximum Gasteiger partial charge on any atom is 0.419 e. The topological polar surface area (TPSA) is 96.5 Å². The number of benzene rings is 1. The second-order valence-electron chi connectivity index (χ2n) is 10.4. The molecule has 2 amide bonds. The van der Waals surface area contributed by atoms with Gasteiger partial charge in [-0.15, -0.1) is 0 Å². The molecule has 38 heavy (non-hydrogen) atoms. The zero-order valence-electron chi connectivity index (χ0n) is 19.6. The number of primary amides is 1. The summed E-state index contributed by atoms with van der Waals surface area (Å²) < 4.78 is 95.3. The summed E-state index contributed by atoms with van der Waals surface area (Å²) in [7, 11) is 0. The molecule has 1 aliphatic heterocycles. The molecule has 1 aromatic carbocycles. The highest BCUT2D eigenvalue weighted by Crippen LogP contribution is 2.66. The quantitative estimate of drug-likeness (QED) is 0.531. The Morgan fingerprint density at radius 3 is 2.39 bits per heavy atom. The van der Waals surface area contributed by atoms with E-state index < -0.39 is 70.4 Å². The number of alkyl halides is 5. The molecule has 3 N–H and O–H groups in total. The number of likely N-dealkylation sites (tertiary alicyclic amines) is 1. The Balaban J connectivity index is 1.55. The minimum Gasteiger partial charge on any atom is -0.393 e. The Hall–Kier alpha value is -3.22. The maximum absolute atomic E-state index is 15.1. The van der Waals surface area contributed by atoms with Gasteiger partial charge < -0.3 is 15.7 Å². The predicted molar refractivity (Wildman–Crippen MR) is 117 cm³/mol. The third-order valence-corrected chi connectivity index (χ3v) is 8.13. The van der Waals surface area contributed by atoms with Gasteiger partial charge in [-0.25, -0.2) is 17.6 Å². The number of nitrogens with two attached hydrogens (primary N) is 1. The van der Waals surface area contributed by atoms with Crippen LogP contribution in [-0.4, -0.2) is 44.5 Å². The highest BCUT2D eigenvalue weighted by molar-refractivity contribution is 5.99. The molecule has 3 atom stereocenters. The van der Waals surface area contributed by atoms with Crippen LogP contribution in [0.3, 0.4) is 0 Å². The van der Waals surface area contributed by atoms with Crippen LogP contribution >= 0.6 is 0 Å². The second-order valence-corrected chi connectivity index (χ2v) is 10.4. The van der Waals surface area contributed by atoms with Gasteiger partial charge in [-0.3, -0.25) is 14.6 Å². The van der Waals surface area contributed by atoms with Crippen LogP contribution in [0.2, 0.25) is 0 Å². The molecule has 204 valence electrons. The number of pyridine rings is 1. The molecular weight excluding hydrogens is 523 g/mol. The molecule has 6 nitrogen and oxygen atoms in total. The lowest BCUT2D eigenvalue weighted by atomic mass is 9.59. The van der Waals surface area contributed by atoms with E-state index in [4.69, 9.17) is 5.73 Å². The Kier molecular flexibility index (Phi) is 6.01. The summed E-state index contributed by atoms with van der Waals surface area (Å²) >= 11 is 0. The van der Waals surface area contributed by atoms with E-state index in [1.54, 1.807) is 0 Å². The molecule has 0 radical (unpaired) electrons. The number of piperidine rings is 1. The van der Waals surface area contributed by atoms with Gasteiger partial charge in [-0.2, -0.15) is 13.2 Å². The van der Waals surface area contributed by atoms with Crippen LogP contribution in [0.4, 0.5) is 30.7 Å². The molecule has 2 aromatic rings. The largest absolute Gasteiger partial charge is 0.419 e. The fraction of sp³-hybridized carbons (Fsp3) is 0.480. The highest BCUT2D eigenvalue weighted by Gasteiger charge is 2.70. The molecular formula is C25H22F7N3O3. The van der Waals surface area contributed by atoms with Crippen molar-refractivity contribution in [1.29, 1.82) is 0 Å². The molecule has 2 heterocycles. The fourth-order valence-electron chi connectivity index (χ4n) is 6.44. The number of hydrogen-bond donors (Lipinski definition) is 2. The van der Waals surface area contributed by atoms with Crippen LogP contribution < -0.4 is 5.73 Å². The van der Waals surface area contributed by atoms with Gasteiger partial charge in [-0.1, -0.05) is 0 Å². The first kappa shape index (κ1) is 26.4. The van der Waals surface area contributed by atoms with Crippen molar-refractivity contribution in [1.82, 2.24) is 9.88 Å².